The molecule has 0 atom stereocenters. The lowest BCUT2D eigenvalue weighted by atomic mass is 9.87. The Morgan fingerprint density at radius 3 is 2.09 bits per heavy atom. The van der Waals surface area contributed by atoms with Crippen molar-refractivity contribution in [2.24, 2.45) is 0 Å². The predicted octanol–water partition coefficient (Wildman–Crippen LogP) is 7.69. The van der Waals surface area contributed by atoms with Crippen LogP contribution in [0.4, 0.5) is 11.6 Å². The Morgan fingerprint density at radius 1 is 0.872 bits per heavy atom. The number of rotatable bonds is 9. The van der Waals surface area contributed by atoms with Crippen molar-refractivity contribution in [3.05, 3.63) is 125 Å². The summed E-state index contributed by atoms with van der Waals surface area (Å²) in [5.41, 5.74) is 3.73. The van der Waals surface area contributed by atoms with Gasteiger partial charge in [-0.3, -0.25) is 14.8 Å². The van der Waals surface area contributed by atoms with Gasteiger partial charge in [0.2, 0.25) is 5.88 Å². The molecule has 2 N–H and O–H groups in total. The molecule has 9 nitrogen and oxygen atoms in total. The second-order valence-corrected chi connectivity index (χ2v) is 13.5. The summed E-state index contributed by atoms with van der Waals surface area (Å²) in [6.45, 7) is 7.10. The smallest absolute Gasteiger partial charge is 0.338 e. The molecule has 4 aromatic carbocycles. The van der Waals surface area contributed by atoms with Crippen LogP contribution in [0.1, 0.15) is 47.8 Å². The Bertz CT molecular complexity index is 2070. The van der Waals surface area contributed by atoms with Crippen LogP contribution in [-0.2, 0) is 25.0 Å². The molecule has 0 radical (unpaired) electrons. The number of hydrogen-bond donors (Lipinski definition) is 2. The maximum atomic E-state index is 13.2. The second-order valence-electron chi connectivity index (χ2n) is 11.9. The number of nitriles is 1. The molecule has 10 heteroatoms. The largest absolute Gasteiger partial charge is 0.452 e. The average Bonchev–Trinajstić information content (AvgIpc) is 3.42. The van der Waals surface area contributed by atoms with Crippen molar-refractivity contribution in [2.45, 2.75) is 38.0 Å². The minimum atomic E-state index is -3.90. The molecule has 0 fully saturated rings. The van der Waals surface area contributed by atoms with E-state index in [-0.39, 0.29) is 33.0 Å². The molecule has 1 heterocycles. The molecule has 0 saturated carbocycles. The highest BCUT2D eigenvalue weighted by molar-refractivity contribution is 7.92. The maximum absolute atomic E-state index is 13.2. The Kier molecular flexibility index (Phi) is 9.31. The highest BCUT2D eigenvalue weighted by Crippen LogP contribution is 2.41. The minimum Gasteiger partial charge on any atom is -0.452 e. The van der Waals surface area contributed by atoms with Crippen molar-refractivity contribution in [3.63, 3.8) is 0 Å². The number of furan rings is 1. The summed E-state index contributed by atoms with van der Waals surface area (Å²) in [7, 11) is -3.90. The number of nitrogens with zero attached hydrogens (tertiary/aromatic N) is 1. The van der Waals surface area contributed by atoms with E-state index in [1.807, 2.05) is 87.5 Å². The normalized spacial score (nSPS) is 11.4. The van der Waals surface area contributed by atoms with E-state index in [2.05, 4.69) is 16.1 Å². The van der Waals surface area contributed by atoms with E-state index < -0.39 is 28.5 Å². The van der Waals surface area contributed by atoms with Crippen LogP contribution in [0.25, 0.3) is 22.5 Å². The fourth-order valence-corrected chi connectivity index (χ4v) is 6.25. The molecule has 5 rings (SSSR count). The van der Waals surface area contributed by atoms with E-state index >= 15 is 0 Å². The van der Waals surface area contributed by atoms with Crippen LogP contribution in [0.3, 0.4) is 0 Å². The summed E-state index contributed by atoms with van der Waals surface area (Å²) in [6.07, 6.45) is 0. The molecule has 0 bridgehead atoms. The summed E-state index contributed by atoms with van der Waals surface area (Å²) in [6, 6.07) is 31.6. The topological polar surface area (TPSA) is 138 Å². The van der Waals surface area contributed by atoms with E-state index in [1.165, 1.54) is 24.3 Å². The maximum Gasteiger partial charge on any atom is 0.338 e. The van der Waals surface area contributed by atoms with E-state index in [4.69, 9.17) is 9.15 Å². The lowest BCUT2D eigenvalue weighted by Crippen LogP contribution is -2.21. The van der Waals surface area contributed by atoms with Crippen LogP contribution >= 0.6 is 0 Å². The summed E-state index contributed by atoms with van der Waals surface area (Å²) in [5.74, 6) is -1.15. The Labute approximate surface area is 273 Å². The lowest BCUT2D eigenvalue weighted by molar-refractivity contribution is -0.119. The third kappa shape index (κ3) is 7.43. The van der Waals surface area contributed by atoms with Gasteiger partial charge in [0.1, 0.15) is 17.4 Å². The lowest BCUT2D eigenvalue weighted by Gasteiger charge is -2.21. The van der Waals surface area contributed by atoms with Crippen molar-refractivity contribution in [1.29, 1.82) is 5.26 Å². The monoisotopic (exact) mass is 647 g/mol. The number of carbonyl (C=O) groups is 2. The molecular weight excluding hydrogens is 614 g/mol. The molecule has 47 heavy (non-hydrogen) atoms. The molecule has 0 aliphatic heterocycles. The minimum absolute atomic E-state index is 0.0637. The Hall–Kier alpha value is -5.66. The van der Waals surface area contributed by atoms with Gasteiger partial charge in [-0.05, 0) is 59.4 Å². The van der Waals surface area contributed by atoms with Gasteiger partial charge in [-0.1, -0.05) is 93.6 Å². The third-order valence-electron chi connectivity index (χ3n) is 7.42. The van der Waals surface area contributed by atoms with Gasteiger partial charge in [-0.2, -0.15) is 5.26 Å². The van der Waals surface area contributed by atoms with Gasteiger partial charge in [0.15, 0.2) is 6.61 Å². The zero-order valence-electron chi connectivity index (χ0n) is 26.3. The first-order valence-corrected chi connectivity index (χ1v) is 16.2. The molecule has 0 saturated heterocycles. The van der Waals surface area contributed by atoms with Crippen LogP contribution in [-0.4, -0.2) is 26.9 Å². The zero-order chi connectivity index (χ0) is 33.8. The third-order valence-corrected chi connectivity index (χ3v) is 8.95. The number of esters is 1. The van der Waals surface area contributed by atoms with Gasteiger partial charge in [0, 0.05) is 16.8 Å². The molecule has 0 aliphatic rings. The number of ether oxygens (including phenoxy) is 1. The molecule has 1 aromatic heterocycles. The molecule has 0 aliphatic carbocycles. The number of anilines is 2. The average molecular weight is 648 g/mol. The molecule has 1 amide bonds. The number of carbonyl (C=O) groups excluding carboxylic acids is 2. The summed E-state index contributed by atoms with van der Waals surface area (Å²) in [4.78, 5) is 25.7. The number of nitrogens with one attached hydrogen (secondary N) is 2. The van der Waals surface area contributed by atoms with E-state index in [0.717, 1.165) is 11.1 Å². The number of hydrogen-bond acceptors (Lipinski definition) is 7. The summed E-state index contributed by atoms with van der Waals surface area (Å²) >= 11 is 0. The van der Waals surface area contributed by atoms with Crippen LogP contribution in [0.2, 0.25) is 0 Å². The number of benzene rings is 4. The van der Waals surface area contributed by atoms with E-state index in [9.17, 15) is 23.3 Å². The van der Waals surface area contributed by atoms with Crippen LogP contribution < -0.4 is 10.0 Å². The van der Waals surface area contributed by atoms with Crippen molar-refractivity contribution in [2.75, 3.05) is 16.6 Å². The Balaban J connectivity index is 1.26. The molecule has 0 spiro atoms. The SMILES string of the molecule is Cc1ccc(C(C)(C)C)cc1S(=O)(=O)Nc1ccc(C(=O)OCC(=O)Nc2oc(-c3ccccc3)c(-c3ccccc3)c2C#N)cc1. The van der Waals surface area contributed by atoms with Gasteiger partial charge in [0.05, 0.1) is 10.5 Å². The van der Waals surface area contributed by atoms with Gasteiger partial charge in [-0.15, -0.1) is 0 Å². The molecule has 0 unspecified atom stereocenters. The summed E-state index contributed by atoms with van der Waals surface area (Å²) in [5, 5.41) is 12.6. The molecule has 238 valence electrons. The highest BCUT2D eigenvalue weighted by Gasteiger charge is 2.25. The van der Waals surface area contributed by atoms with E-state index in [1.54, 1.807) is 19.1 Å². The number of amides is 1. The van der Waals surface area contributed by atoms with Gasteiger partial charge >= 0.3 is 5.97 Å². The predicted molar refractivity (Wildman–Crippen MR) is 180 cm³/mol. The summed E-state index contributed by atoms with van der Waals surface area (Å²) < 4.78 is 40.2. The van der Waals surface area contributed by atoms with Crippen molar-refractivity contribution < 1.29 is 27.2 Å². The van der Waals surface area contributed by atoms with E-state index in [0.29, 0.717) is 22.5 Å². The van der Waals surface area contributed by atoms with Crippen molar-refractivity contribution >= 4 is 33.5 Å². The van der Waals surface area contributed by atoms with Gasteiger partial charge in [-0.25, -0.2) is 13.2 Å². The second kappa shape index (κ2) is 13.4. The van der Waals surface area contributed by atoms with Gasteiger partial charge < -0.3 is 9.15 Å². The highest BCUT2D eigenvalue weighted by atomic mass is 32.2. The Morgan fingerprint density at radius 2 is 1.49 bits per heavy atom. The fraction of sp³-hybridized carbons (Fsp3) is 0.162. The van der Waals surface area contributed by atoms with Crippen LogP contribution in [0.15, 0.2) is 112 Å². The first-order valence-electron chi connectivity index (χ1n) is 14.8. The first-order chi connectivity index (χ1) is 22.4. The quantitative estimate of drug-likeness (QED) is 0.156. The fourth-order valence-electron chi connectivity index (χ4n) is 4.92. The van der Waals surface area contributed by atoms with Crippen molar-refractivity contribution in [3.8, 4) is 28.5 Å². The van der Waals surface area contributed by atoms with Crippen LogP contribution in [0.5, 0.6) is 0 Å². The molecular formula is C37H33N3O6S. The standard InChI is InChI=1S/C37H33N3O6S/c1-24-15-18-28(37(2,3)4)21-31(24)47(43,44)40-29-19-16-27(17-20-29)36(42)45-23-32(41)39-35-30(22-38)33(25-11-7-5-8-12-25)34(46-35)26-13-9-6-10-14-26/h5-21,40H,23H2,1-4H3,(H,39,41). The van der Waals surface area contributed by atoms with Crippen molar-refractivity contribution in [1.82, 2.24) is 0 Å². The molecule has 5 aromatic rings. The first kappa shape index (κ1) is 32.7. The number of aryl methyl sites for hydroxylation is 1. The van der Waals surface area contributed by atoms with Crippen LogP contribution in [0, 0.1) is 18.3 Å². The van der Waals surface area contributed by atoms with Gasteiger partial charge in [0.25, 0.3) is 15.9 Å². The zero-order valence-corrected chi connectivity index (χ0v) is 27.1. The number of sulfonamides is 1.